The minimum Gasteiger partial charge on any atom is -0.378 e. The van der Waals surface area contributed by atoms with Crippen molar-refractivity contribution in [2.45, 2.75) is 37.8 Å². The number of hydrogen-bond donors (Lipinski definition) is 1. The van der Waals surface area contributed by atoms with Crippen molar-refractivity contribution >= 4 is 11.8 Å². The van der Waals surface area contributed by atoms with E-state index in [2.05, 4.69) is 16.7 Å². The predicted octanol–water partition coefficient (Wildman–Crippen LogP) is 1.32. The summed E-state index contributed by atoms with van der Waals surface area (Å²) in [5, 5.41) is 0. The minimum atomic E-state index is 0.497. The van der Waals surface area contributed by atoms with Gasteiger partial charge in [-0.1, -0.05) is 0 Å². The second-order valence-electron chi connectivity index (χ2n) is 4.77. The van der Waals surface area contributed by atoms with Gasteiger partial charge in [0.2, 0.25) is 0 Å². The van der Waals surface area contributed by atoms with Crippen LogP contribution in [0.1, 0.15) is 25.7 Å². The van der Waals surface area contributed by atoms with Crippen molar-refractivity contribution in [3.63, 3.8) is 0 Å². The third kappa shape index (κ3) is 3.62. The van der Waals surface area contributed by atoms with E-state index < -0.39 is 0 Å². The van der Waals surface area contributed by atoms with Crippen LogP contribution in [0.25, 0.3) is 0 Å². The van der Waals surface area contributed by atoms with E-state index in [4.69, 9.17) is 10.5 Å². The largest absolute Gasteiger partial charge is 0.378 e. The molecule has 0 saturated carbocycles. The molecule has 1 atom stereocenters. The maximum atomic E-state index is 5.82. The van der Waals surface area contributed by atoms with Crippen molar-refractivity contribution in [2.24, 2.45) is 5.73 Å². The van der Waals surface area contributed by atoms with Gasteiger partial charge in [-0.05, 0) is 38.0 Å². The van der Waals surface area contributed by atoms with Crippen LogP contribution in [-0.2, 0) is 4.74 Å². The first kappa shape index (κ1) is 12.7. The molecule has 94 valence electrons. The van der Waals surface area contributed by atoms with Gasteiger partial charge in [-0.25, -0.2) is 0 Å². The molecule has 2 aliphatic rings. The number of likely N-dealkylation sites (tertiary alicyclic amines) is 1. The molecule has 0 spiro atoms. The van der Waals surface area contributed by atoms with Crippen molar-refractivity contribution in [1.29, 1.82) is 0 Å². The van der Waals surface area contributed by atoms with E-state index in [1.807, 2.05) is 0 Å². The van der Waals surface area contributed by atoms with Crippen LogP contribution in [0.2, 0.25) is 0 Å². The normalized spacial score (nSPS) is 28.7. The molecule has 0 aliphatic carbocycles. The monoisotopic (exact) mass is 244 g/mol. The highest BCUT2D eigenvalue weighted by Crippen LogP contribution is 2.25. The molecule has 2 rings (SSSR count). The SMILES string of the molecule is NCCCOC1CCN(C2CCSC2)CC1. The van der Waals surface area contributed by atoms with Gasteiger partial charge >= 0.3 is 0 Å². The summed E-state index contributed by atoms with van der Waals surface area (Å²) in [6.45, 7) is 4.07. The van der Waals surface area contributed by atoms with E-state index in [0.29, 0.717) is 6.10 Å². The topological polar surface area (TPSA) is 38.5 Å². The van der Waals surface area contributed by atoms with Gasteiger partial charge in [0, 0.05) is 31.5 Å². The van der Waals surface area contributed by atoms with Crippen molar-refractivity contribution < 1.29 is 4.74 Å². The van der Waals surface area contributed by atoms with Crippen LogP contribution in [0, 0.1) is 0 Å². The number of rotatable bonds is 5. The van der Waals surface area contributed by atoms with E-state index in [9.17, 15) is 0 Å². The molecular weight excluding hydrogens is 220 g/mol. The Bertz CT molecular complexity index is 189. The van der Waals surface area contributed by atoms with Crippen LogP contribution in [0.15, 0.2) is 0 Å². The fourth-order valence-electron chi connectivity index (χ4n) is 2.55. The van der Waals surface area contributed by atoms with Crippen LogP contribution in [0.4, 0.5) is 0 Å². The van der Waals surface area contributed by atoms with E-state index in [1.54, 1.807) is 0 Å². The first-order valence-electron chi connectivity index (χ1n) is 6.53. The molecule has 0 bridgehead atoms. The van der Waals surface area contributed by atoms with Crippen molar-refractivity contribution in [3.05, 3.63) is 0 Å². The standard InChI is InChI=1S/C12H24N2OS/c13-5-1-8-15-12-2-6-14(7-3-12)11-4-9-16-10-11/h11-12H,1-10,13H2. The second-order valence-corrected chi connectivity index (χ2v) is 5.92. The fraction of sp³-hybridized carbons (Fsp3) is 1.00. The van der Waals surface area contributed by atoms with Gasteiger partial charge in [-0.2, -0.15) is 11.8 Å². The molecule has 2 heterocycles. The number of hydrogen-bond acceptors (Lipinski definition) is 4. The summed E-state index contributed by atoms with van der Waals surface area (Å²) < 4.78 is 5.82. The summed E-state index contributed by atoms with van der Waals surface area (Å²) >= 11 is 2.11. The maximum absolute atomic E-state index is 5.82. The lowest BCUT2D eigenvalue weighted by atomic mass is 10.1. The van der Waals surface area contributed by atoms with Gasteiger partial charge in [0.05, 0.1) is 6.10 Å². The molecule has 2 N–H and O–H groups in total. The quantitative estimate of drug-likeness (QED) is 0.740. The molecule has 0 amide bonds. The van der Waals surface area contributed by atoms with Gasteiger partial charge in [-0.15, -0.1) is 0 Å². The molecule has 2 aliphatic heterocycles. The smallest absolute Gasteiger partial charge is 0.0599 e. The summed E-state index contributed by atoms with van der Waals surface area (Å²) in [5.74, 6) is 2.70. The molecule has 16 heavy (non-hydrogen) atoms. The zero-order valence-corrected chi connectivity index (χ0v) is 10.9. The predicted molar refractivity (Wildman–Crippen MR) is 69.9 cm³/mol. The Morgan fingerprint density at radius 3 is 2.69 bits per heavy atom. The van der Waals surface area contributed by atoms with Crippen molar-refractivity contribution in [3.8, 4) is 0 Å². The molecule has 0 aromatic rings. The van der Waals surface area contributed by atoms with E-state index in [0.717, 1.165) is 25.6 Å². The Balaban J connectivity index is 1.62. The summed E-state index contributed by atoms with van der Waals surface area (Å²) in [6, 6.07) is 0.856. The summed E-state index contributed by atoms with van der Waals surface area (Å²) in [6.07, 6.45) is 5.32. The highest BCUT2D eigenvalue weighted by molar-refractivity contribution is 7.99. The molecule has 0 aromatic carbocycles. The van der Waals surface area contributed by atoms with Crippen LogP contribution in [0.5, 0.6) is 0 Å². The second kappa shape index (κ2) is 6.84. The van der Waals surface area contributed by atoms with Gasteiger partial charge in [0.25, 0.3) is 0 Å². The first-order chi connectivity index (χ1) is 7.90. The average molecular weight is 244 g/mol. The molecule has 0 radical (unpaired) electrons. The fourth-order valence-corrected chi connectivity index (χ4v) is 3.81. The Hall–Kier alpha value is 0.230. The van der Waals surface area contributed by atoms with Crippen LogP contribution in [0.3, 0.4) is 0 Å². The molecule has 2 saturated heterocycles. The molecule has 3 nitrogen and oxygen atoms in total. The van der Waals surface area contributed by atoms with Gasteiger partial charge < -0.3 is 10.5 Å². The first-order valence-corrected chi connectivity index (χ1v) is 7.69. The van der Waals surface area contributed by atoms with Crippen LogP contribution < -0.4 is 5.73 Å². The Morgan fingerprint density at radius 1 is 1.25 bits per heavy atom. The average Bonchev–Trinajstić information content (AvgIpc) is 2.84. The van der Waals surface area contributed by atoms with E-state index in [-0.39, 0.29) is 0 Å². The van der Waals surface area contributed by atoms with E-state index >= 15 is 0 Å². The lowest BCUT2D eigenvalue weighted by Gasteiger charge is -2.35. The molecule has 4 heteroatoms. The Labute approximate surface area is 103 Å². The Kier molecular flexibility index (Phi) is 5.42. The van der Waals surface area contributed by atoms with Gasteiger partial charge in [-0.3, -0.25) is 4.90 Å². The zero-order chi connectivity index (χ0) is 11.2. The minimum absolute atomic E-state index is 0.497. The van der Waals surface area contributed by atoms with Crippen LogP contribution >= 0.6 is 11.8 Å². The lowest BCUT2D eigenvalue weighted by molar-refractivity contribution is 0.000229. The summed E-state index contributed by atoms with van der Waals surface area (Å²) in [7, 11) is 0. The highest BCUT2D eigenvalue weighted by Gasteiger charge is 2.27. The highest BCUT2D eigenvalue weighted by atomic mass is 32.2. The van der Waals surface area contributed by atoms with Gasteiger partial charge in [0.1, 0.15) is 0 Å². The molecule has 2 fully saturated rings. The summed E-state index contributed by atoms with van der Waals surface area (Å²) in [4.78, 5) is 2.67. The maximum Gasteiger partial charge on any atom is 0.0599 e. The molecule has 0 aromatic heterocycles. The third-order valence-electron chi connectivity index (χ3n) is 3.60. The molecular formula is C12H24N2OS. The third-order valence-corrected chi connectivity index (χ3v) is 4.75. The molecule has 1 unspecified atom stereocenters. The number of nitrogens with zero attached hydrogens (tertiary/aromatic N) is 1. The van der Waals surface area contributed by atoms with Crippen molar-refractivity contribution in [1.82, 2.24) is 4.90 Å². The van der Waals surface area contributed by atoms with Gasteiger partial charge in [0.15, 0.2) is 0 Å². The number of nitrogens with two attached hydrogens (primary N) is 1. The lowest BCUT2D eigenvalue weighted by Crippen LogP contribution is -2.43. The Morgan fingerprint density at radius 2 is 2.06 bits per heavy atom. The zero-order valence-electron chi connectivity index (χ0n) is 10.1. The van der Waals surface area contributed by atoms with Crippen molar-refractivity contribution in [2.75, 3.05) is 37.7 Å². The van der Waals surface area contributed by atoms with Crippen LogP contribution in [-0.4, -0.2) is 54.8 Å². The number of thioether (sulfide) groups is 1. The summed E-state index contributed by atoms with van der Waals surface area (Å²) in [5.41, 5.74) is 5.46. The number of piperidine rings is 1. The number of ether oxygens (including phenoxy) is 1. The van der Waals surface area contributed by atoms with E-state index in [1.165, 1.54) is 43.9 Å².